The largest absolute Gasteiger partial charge is 0.376 e. The second-order valence-electron chi connectivity index (χ2n) is 15.1. The topological polar surface area (TPSA) is 98.0 Å². The highest BCUT2D eigenvalue weighted by Crippen LogP contribution is 2.37. The molecule has 10 nitrogen and oxygen atoms in total. The van der Waals surface area contributed by atoms with Gasteiger partial charge in [-0.05, 0) is 121 Å². The predicted molar refractivity (Wildman–Crippen MR) is 216 cm³/mol. The molecule has 280 valence electrons. The Kier molecular flexibility index (Phi) is 14.3. The average Bonchev–Trinajstić information content (AvgIpc) is 3.31. The van der Waals surface area contributed by atoms with Gasteiger partial charge >= 0.3 is 0 Å². The lowest BCUT2D eigenvalue weighted by Gasteiger charge is -2.43. The summed E-state index contributed by atoms with van der Waals surface area (Å²) in [5, 5.41) is 3.54. The molecule has 2 fully saturated rings. The lowest BCUT2D eigenvalue weighted by atomic mass is 9.84. The third-order valence-corrected chi connectivity index (χ3v) is 10.3. The normalized spacial score (nSPS) is 22.6. The first kappa shape index (κ1) is 39.8. The summed E-state index contributed by atoms with van der Waals surface area (Å²) < 4.78 is 23.3. The van der Waals surface area contributed by atoms with Crippen molar-refractivity contribution in [2.24, 2.45) is 32.1 Å². The zero-order valence-electron chi connectivity index (χ0n) is 32.5. The Morgan fingerprint density at radius 1 is 1.08 bits per heavy atom. The monoisotopic (exact) mass is 711 g/mol. The molecule has 5 rings (SSSR count). The van der Waals surface area contributed by atoms with Gasteiger partial charge in [-0.1, -0.05) is 33.8 Å². The maximum atomic E-state index is 12.6. The highest BCUT2D eigenvalue weighted by atomic mass is 32.2. The molecule has 0 radical (unpaired) electrons. The van der Waals surface area contributed by atoms with Crippen LogP contribution in [0, 0.1) is 17.8 Å². The Labute approximate surface area is 304 Å². The molecule has 3 aliphatic rings. The molecule has 1 aromatic heterocycles. The molecule has 2 aromatic rings. The number of aliphatic imine (C=N–C) groups is 2. The van der Waals surface area contributed by atoms with Crippen molar-refractivity contribution in [3.05, 3.63) is 42.5 Å². The molecule has 4 atom stereocenters. The Morgan fingerprint density at radius 2 is 1.82 bits per heavy atom. The first-order valence-corrected chi connectivity index (χ1v) is 21.1. The molecular weight excluding hydrogens is 645 g/mol. The Balaban J connectivity index is 0.00000230. The number of hydrogen-bond donors (Lipinski definition) is 1. The number of fused-ring (bicyclic) bond motifs is 1. The molecule has 0 bridgehead atoms. The minimum atomic E-state index is -2.36. The van der Waals surface area contributed by atoms with E-state index in [0.29, 0.717) is 24.2 Å². The SMILES string of the molecule is CC.CCCOC(C)(C)C[C@@H]1CCC2CCN=C(Nc3ccc(N4C[C@@H](CCN(C)C)[C@@H](C)C4)cc3)N=C2N1c1cccc(N=S(C)(C)=O)n1.[HH]. The van der Waals surface area contributed by atoms with Crippen LogP contribution in [0.15, 0.2) is 56.8 Å². The fourth-order valence-electron chi connectivity index (χ4n) is 7.25. The number of piperidine rings is 1. The number of anilines is 3. The Bertz CT molecular complexity index is 1560. The predicted octanol–water partition coefficient (Wildman–Crippen LogP) is 8.19. The number of guanidine groups is 1. The van der Waals surface area contributed by atoms with Crippen LogP contribution in [0.4, 0.5) is 23.0 Å². The minimum absolute atomic E-state index is 0. The van der Waals surface area contributed by atoms with Crippen molar-refractivity contribution in [2.45, 2.75) is 91.7 Å². The molecule has 11 heteroatoms. The number of benzene rings is 1. The number of pyridine rings is 1. The molecule has 2 saturated heterocycles. The Hall–Kier alpha value is -3.02. The van der Waals surface area contributed by atoms with Gasteiger partial charge in [0.15, 0.2) is 5.82 Å². The first-order valence-electron chi connectivity index (χ1n) is 18.8. The molecule has 0 amide bonds. The minimum Gasteiger partial charge on any atom is -0.376 e. The molecule has 4 heterocycles. The van der Waals surface area contributed by atoms with Gasteiger partial charge in [0.2, 0.25) is 5.96 Å². The van der Waals surface area contributed by atoms with Gasteiger partial charge in [-0.3, -0.25) is 4.99 Å². The van der Waals surface area contributed by atoms with Gasteiger partial charge in [0.1, 0.15) is 11.7 Å². The zero-order valence-corrected chi connectivity index (χ0v) is 33.3. The van der Waals surface area contributed by atoms with Crippen LogP contribution in [0.25, 0.3) is 0 Å². The molecule has 0 saturated carbocycles. The highest BCUT2D eigenvalue weighted by Gasteiger charge is 2.39. The van der Waals surface area contributed by atoms with E-state index in [2.05, 4.69) is 90.4 Å². The van der Waals surface area contributed by atoms with Gasteiger partial charge in [0.25, 0.3) is 0 Å². The van der Waals surface area contributed by atoms with Crippen molar-refractivity contribution in [3.63, 3.8) is 0 Å². The molecule has 1 N–H and O–H groups in total. The van der Waals surface area contributed by atoms with Gasteiger partial charge < -0.3 is 24.8 Å². The molecule has 50 heavy (non-hydrogen) atoms. The summed E-state index contributed by atoms with van der Waals surface area (Å²) in [6.07, 6.45) is 9.27. The van der Waals surface area contributed by atoms with Crippen molar-refractivity contribution in [2.75, 3.05) is 74.5 Å². The molecular formula is C39H66N8O2S. The van der Waals surface area contributed by atoms with Crippen molar-refractivity contribution >= 4 is 44.5 Å². The van der Waals surface area contributed by atoms with E-state index in [4.69, 9.17) is 19.7 Å². The quantitative estimate of drug-likeness (QED) is 0.237. The zero-order chi connectivity index (χ0) is 36.5. The van der Waals surface area contributed by atoms with Crippen molar-refractivity contribution in [1.29, 1.82) is 0 Å². The molecule has 0 spiro atoms. The lowest BCUT2D eigenvalue weighted by Crippen LogP contribution is -2.51. The van der Waals surface area contributed by atoms with E-state index in [1.54, 1.807) is 12.5 Å². The number of nitrogens with one attached hydrogen (secondary N) is 1. The Morgan fingerprint density at radius 3 is 2.50 bits per heavy atom. The average molecular weight is 711 g/mol. The van der Waals surface area contributed by atoms with E-state index in [9.17, 15) is 4.21 Å². The van der Waals surface area contributed by atoms with E-state index in [-0.39, 0.29) is 19.0 Å². The second kappa shape index (κ2) is 18.0. The fourth-order valence-corrected chi connectivity index (χ4v) is 7.80. The van der Waals surface area contributed by atoms with Gasteiger partial charge in [-0.25, -0.2) is 9.19 Å². The van der Waals surface area contributed by atoms with Gasteiger partial charge in [0, 0.05) is 73.2 Å². The fraction of sp³-hybridized carbons (Fsp3) is 0.667. The second-order valence-corrected chi connectivity index (χ2v) is 17.7. The van der Waals surface area contributed by atoms with Crippen LogP contribution in [0.5, 0.6) is 0 Å². The molecule has 1 aromatic carbocycles. The smallest absolute Gasteiger partial charge is 0.224 e. The van der Waals surface area contributed by atoms with Crippen molar-refractivity contribution in [1.82, 2.24) is 9.88 Å². The van der Waals surface area contributed by atoms with Gasteiger partial charge in [-0.15, -0.1) is 0 Å². The van der Waals surface area contributed by atoms with Crippen LogP contribution >= 0.6 is 0 Å². The van der Waals surface area contributed by atoms with Crippen molar-refractivity contribution in [3.8, 4) is 0 Å². The highest BCUT2D eigenvalue weighted by molar-refractivity contribution is 7.92. The number of aromatic nitrogens is 1. The number of nitrogens with zero attached hydrogens (tertiary/aromatic N) is 7. The summed E-state index contributed by atoms with van der Waals surface area (Å²) in [4.78, 5) is 22.2. The third kappa shape index (κ3) is 11.2. The van der Waals surface area contributed by atoms with Crippen LogP contribution in [0.2, 0.25) is 0 Å². The number of rotatable bonds is 12. The van der Waals surface area contributed by atoms with E-state index in [0.717, 1.165) is 81.6 Å². The number of ether oxygens (including phenoxy) is 1. The third-order valence-electron chi connectivity index (χ3n) is 9.69. The van der Waals surface area contributed by atoms with Crippen LogP contribution in [-0.2, 0) is 14.5 Å². The van der Waals surface area contributed by atoms with E-state index < -0.39 is 9.73 Å². The van der Waals surface area contributed by atoms with Crippen LogP contribution < -0.4 is 15.1 Å². The molecule has 0 aliphatic carbocycles. The molecule has 3 aliphatic heterocycles. The summed E-state index contributed by atoms with van der Waals surface area (Å²) in [5.74, 6) is 4.51. The van der Waals surface area contributed by atoms with E-state index in [1.165, 1.54) is 12.1 Å². The van der Waals surface area contributed by atoms with Crippen LogP contribution in [-0.4, -0.2) is 96.9 Å². The maximum absolute atomic E-state index is 12.6. The maximum Gasteiger partial charge on any atom is 0.224 e. The summed E-state index contributed by atoms with van der Waals surface area (Å²) in [5.41, 5.74) is 1.93. The summed E-state index contributed by atoms with van der Waals surface area (Å²) >= 11 is 0. The standard InChI is InChI=1S/C37H58N8O2S.C2H6.H2/c1-9-23-47-37(3,4)24-32-16-13-28-19-21-38-36(41-35(28)45(32)34-12-10-11-33(40-34)42-48(7,8)46)39-30-14-17-31(18-15-30)44-25-27(2)29(26-44)20-22-43(5)6;1-2;/h10-12,14-15,17-18,27-29,32H,9,13,16,19-26H2,1-8H3,(H,38,39);1-2H3;1H/t27-,28?,29+,32-;;/m0../s1. The summed E-state index contributed by atoms with van der Waals surface area (Å²) in [7, 11) is 1.95. The van der Waals surface area contributed by atoms with Gasteiger partial charge in [-0.2, -0.15) is 9.36 Å². The summed E-state index contributed by atoms with van der Waals surface area (Å²) in [6, 6.07) is 14.6. The van der Waals surface area contributed by atoms with E-state index in [1.807, 2.05) is 32.0 Å². The van der Waals surface area contributed by atoms with Gasteiger partial charge in [0.05, 0.1) is 5.60 Å². The first-order chi connectivity index (χ1) is 23.8. The summed E-state index contributed by atoms with van der Waals surface area (Å²) in [6.45, 7) is 17.7. The number of amidine groups is 1. The molecule has 1 unspecified atom stereocenters. The van der Waals surface area contributed by atoms with Crippen LogP contribution in [0.1, 0.15) is 81.5 Å². The lowest BCUT2D eigenvalue weighted by molar-refractivity contribution is -0.0281. The van der Waals surface area contributed by atoms with Crippen LogP contribution in [0.3, 0.4) is 0 Å². The number of hydrogen-bond acceptors (Lipinski definition) is 10. The van der Waals surface area contributed by atoms with E-state index >= 15 is 0 Å². The van der Waals surface area contributed by atoms with Crippen molar-refractivity contribution < 1.29 is 10.4 Å².